The number of halogens is 2. The lowest BCUT2D eigenvalue weighted by Gasteiger charge is -2.26. The number of aromatic hydroxyl groups is 1. The zero-order valence-corrected chi connectivity index (χ0v) is 25.9. The van der Waals surface area contributed by atoms with Gasteiger partial charge in [0.2, 0.25) is 11.8 Å². The van der Waals surface area contributed by atoms with Gasteiger partial charge in [-0.25, -0.2) is 4.39 Å². The van der Waals surface area contributed by atoms with E-state index < -0.39 is 5.82 Å². The minimum Gasteiger partial charge on any atom is -0.508 e. The molecule has 0 saturated carbocycles. The molecular formula is C37H35ClFN3O4. The van der Waals surface area contributed by atoms with Gasteiger partial charge in [0.25, 0.3) is 0 Å². The fraction of sp³-hybridized carbons (Fsp3) is 0.135. The molecule has 2 amide bonds. The number of nitrogens with one attached hydrogen (secondary N) is 1. The molecule has 0 spiro atoms. The smallest absolute Gasteiger partial charge is 0.227 e. The molecule has 0 saturated heterocycles. The minimum atomic E-state index is -0.407. The number of phenolic OH excluding ortho intramolecular Hbond substituents is 1. The van der Waals surface area contributed by atoms with Crippen LogP contribution < -0.4 is 20.7 Å². The molecule has 4 N–H and O–H groups in total. The molecule has 0 unspecified atom stereocenters. The Labute approximate surface area is 273 Å². The van der Waals surface area contributed by atoms with Gasteiger partial charge < -0.3 is 25.8 Å². The number of phenols is 1. The molecule has 236 valence electrons. The van der Waals surface area contributed by atoms with Crippen molar-refractivity contribution in [3.8, 4) is 28.4 Å². The highest BCUT2D eigenvalue weighted by atomic mass is 35.5. The molecule has 0 aromatic heterocycles. The molecule has 0 heterocycles. The van der Waals surface area contributed by atoms with Crippen molar-refractivity contribution in [2.45, 2.75) is 32.5 Å². The number of nitrogens with zero attached hydrogens (tertiary/aromatic N) is 1. The second-order valence-electron chi connectivity index (χ2n) is 10.5. The van der Waals surface area contributed by atoms with Crippen LogP contribution in [0.1, 0.15) is 29.5 Å². The number of amides is 2. The average molecular weight is 640 g/mol. The van der Waals surface area contributed by atoms with Gasteiger partial charge in [-0.1, -0.05) is 84.9 Å². The van der Waals surface area contributed by atoms with Crippen LogP contribution in [0.4, 0.5) is 10.1 Å². The van der Waals surface area contributed by atoms with Gasteiger partial charge in [0.1, 0.15) is 17.3 Å². The lowest BCUT2D eigenvalue weighted by molar-refractivity contribution is -0.125. The van der Waals surface area contributed by atoms with Crippen LogP contribution in [0.2, 0.25) is 0 Å². The summed E-state index contributed by atoms with van der Waals surface area (Å²) in [6.45, 7) is 0.538. The Morgan fingerprint density at radius 1 is 0.783 bits per heavy atom. The Bertz CT molecular complexity index is 1770. The number of benzene rings is 5. The molecule has 0 aliphatic rings. The number of anilines is 1. The summed E-state index contributed by atoms with van der Waals surface area (Å²) in [5.74, 6) is -0.376. The predicted octanol–water partition coefficient (Wildman–Crippen LogP) is 7.50. The summed E-state index contributed by atoms with van der Waals surface area (Å²) in [7, 11) is 0. The minimum absolute atomic E-state index is 0. The average Bonchev–Trinajstić information content (AvgIpc) is 3.07. The third-order valence-corrected chi connectivity index (χ3v) is 7.30. The van der Waals surface area contributed by atoms with Crippen LogP contribution in [-0.2, 0) is 29.2 Å². The number of nitrogens with two attached hydrogens (primary N) is 1. The van der Waals surface area contributed by atoms with Crippen LogP contribution in [0.3, 0.4) is 0 Å². The van der Waals surface area contributed by atoms with Crippen LogP contribution in [0.15, 0.2) is 121 Å². The number of carbonyl (C=O) groups is 2. The first-order valence-corrected chi connectivity index (χ1v) is 14.6. The van der Waals surface area contributed by atoms with E-state index in [0.717, 1.165) is 22.3 Å². The Morgan fingerprint density at radius 2 is 1.50 bits per heavy atom. The largest absolute Gasteiger partial charge is 0.508 e. The monoisotopic (exact) mass is 639 g/mol. The fourth-order valence-electron chi connectivity index (χ4n) is 4.87. The summed E-state index contributed by atoms with van der Waals surface area (Å²) in [6, 6.07) is 35.9. The normalized spacial score (nSPS) is 10.5. The molecule has 0 aliphatic carbocycles. The summed E-state index contributed by atoms with van der Waals surface area (Å²) in [5, 5.41) is 13.0. The molecule has 9 heteroatoms. The van der Waals surface area contributed by atoms with Crippen molar-refractivity contribution in [2.24, 2.45) is 5.73 Å². The summed E-state index contributed by atoms with van der Waals surface area (Å²) in [6.07, 6.45) is -0.197. The van der Waals surface area contributed by atoms with Crippen molar-refractivity contribution < 1.29 is 23.8 Å². The first kappa shape index (κ1) is 33.7. The van der Waals surface area contributed by atoms with Crippen molar-refractivity contribution in [3.05, 3.63) is 144 Å². The van der Waals surface area contributed by atoms with Gasteiger partial charge in [0, 0.05) is 37.6 Å². The third kappa shape index (κ3) is 8.94. The second-order valence-corrected chi connectivity index (χ2v) is 10.5. The van der Waals surface area contributed by atoms with Crippen molar-refractivity contribution in [2.75, 3.05) is 4.90 Å². The molecule has 0 bridgehead atoms. The van der Waals surface area contributed by atoms with E-state index >= 15 is 0 Å². The van der Waals surface area contributed by atoms with E-state index in [-0.39, 0.29) is 61.7 Å². The maximum Gasteiger partial charge on any atom is 0.227 e. The first-order valence-electron chi connectivity index (χ1n) is 14.6. The van der Waals surface area contributed by atoms with Crippen LogP contribution in [0.5, 0.6) is 17.2 Å². The van der Waals surface area contributed by atoms with E-state index in [9.17, 15) is 19.1 Å². The van der Waals surface area contributed by atoms with Crippen LogP contribution in [0.25, 0.3) is 11.1 Å². The Balaban J connectivity index is 0.00000480. The molecule has 5 aromatic carbocycles. The van der Waals surface area contributed by atoms with E-state index in [0.29, 0.717) is 23.5 Å². The molecule has 46 heavy (non-hydrogen) atoms. The summed E-state index contributed by atoms with van der Waals surface area (Å²) in [4.78, 5) is 28.0. The van der Waals surface area contributed by atoms with Gasteiger partial charge in [-0.2, -0.15) is 0 Å². The number of hydrogen-bond donors (Lipinski definition) is 3. The topological polar surface area (TPSA) is 105 Å². The van der Waals surface area contributed by atoms with Crippen molar-refractivity contribution >= 4 is 29.9 Å². The van der Waals surface area contributed by atoms with Crippen LogP contribution in [0, 0.1) is 5.82 Å². The molecule has 5 aromatic rings. The van der Waals surface area contributed by atoms with E-state index in [1.807, 2.05) is 66.7 Å². The predicted molar refractivity (Wildman–Crippen MR) is 180 cm³/mol. The number of rotatable bonds is 12. The first-order chi connectivity index (χ1) is 21.9. The molecule has 5 rings (SSSR count). The highest BCUT2D eigenvalue weighted by Crippen LogP contribution is 2.37. The van der Waals surface area contributed by atoms with Crippen LogP contribution >= 0.6 is 12.4 Å². The zero-order chi connectivity index (χ0) is 31.6. The molecule has 0 radical (unpaired) electrons. The van der Waals surface area contributed by atoms with Gasteiger partial charge >= 0.3 is 0 Å². The number of carbonyl (C=O) groups excluding carboxylic acids is 2. The Kier molecular flexibility index (Phi) is 11.9. The third-order valence-electron chi connectivity index (χ3n) is 7.30. The quantitative estimate of drug-likeness (QED) is 0.131. The van der Waals surface area contributed by atoms with Gasteiger partial charge in [-0.15, -0.1) is 12.4 Å². The van der Waals surface area contributed by atoms with Crippen LogP contribution in [-0.4, -0.2) is 16.9 Å². The van der Waals surface area contributed by atoms with E-state index in [1.54, 1.807) is 41.3 Å². The van der Waals surface area contributed by atoms with Crippen molar-refractivity contribution in [1.29, 1.82) is 0 Å². The van der Waals surface area contributed by atoms with E-state index in [4.69, 9.17) is 10.5 Å². The molecular weight excluding hydrogens is 605 g/mol. The van der Waals surface area contributed by atoms with Gasteiger partial charge in [-0.3, -0.25) is 9.59 Å². The zero-order valence-electron chi connectivity index (χ0n) is 25.1. The van der Waals surface area contributed by atoms with Crippen molar-refractivity contribution in [1.82, 2.24) is 5.32 Å². The summed E-state index contributed by atoms with van der Waals surface area (Å²) < 4.78 is 20.2. The molecule has 7 nitrogen and oxygen atoms in total. The van der Waals surface area contributed by atoms with E-state index in [2.05, 4.69) is 5.32 Å². The SMILES string of the molecule is Cl.NCc1cccc(Oc2cc(O)ccc2N(Cc2ccc(-c3ccccc3)cc2)C(=O)CCC(=O)NCc2ccccc2F)c1. The lowest BCUT2D eigenvalue weighted by Crippen LogP contribution is -2.32. The molecule has 0 atom stereocenters. The number of ether oxygens (including phenoxy) is 1. The standard InChI is InChI=1S/C37H34FN3O4.ClH/c38-33-12-5-4-10-30(33)24-40-36(43)19-20-37(44)41(25-26-13-15-29(16-14-26)28-8-2-1-3-9-28)34-18-17-31(42)22-35(34)45-32-11-6-7-27(21-32)23-39;/h1-18,21-22,42H,19-20,23-25,39H2,(H,40,43);1H. The fourth-order valence-corrected chi connectivity index (χ4v) is 4.87. The van der Waals surface area contributed by atoms with Gasteiger partial charge in [-0.05, 0) is 52.6 Å². The maximum atomic E-state index is 14.0. The second kappa shape index (κ2) is 16.2. The lowest BCUT2D eigenvalue weighted by atomic mass is 10.0. The van der Waals surface area contributed by atoms with E-state index in [1.165, 1.54) is 18.2 Å². The Hall–Kier alpha value is -5.18. The van der Waals surface area contributed by atoms with Crippen molar-refractivity contribution in [3.63, 3.8) is 0 Å². The highest BCUT2D eigenvalue weighted by molar-refractivity contribution is 5.97. The van der Waals surface area contributed by atoms with Gasteiger partial charge in [0.05, 0.1) is 12.2 Å². The summed E-state index contributed by atoms with van der Waals surface area (Å²) in [5.41, 5.74) is 10.4. The number of hydrogen-bond acceptors (Lipinski definition) is 5. The highest BCUT2D eigenvalue weighted by Gasteiger charge is 2.22. The maximum absolute atomic E-state index is 14.0. The molecule has 0 fully saturated rings. The summed E-state index contributed by atoms with van der Waals surface area (Å²) >= 11 is 0. The Morgan fingerprint density at radius 3 is 2.24 bits per heavy atom. The van der Waals surface area contributed by atoms with Gasteiger partial charge in [0.15, 0.2) is 5.75 Å². The molecule has 0 aliphatic heterocycles.